The molecule has 12 heteroatoms. The van der Waals surface area contributed by atoms with Crippen molar-refractivity contribution >= 4 is 63.0 Å². The molecule has 0 aliphatic rings. The minimum atomic E-state index is -0.290. The Bertz CT molecular complexity index is 1770. The Morgan fingerprint density at radius 2 is 1.81 bits per heavy atom. The molecule has 1 aromatic heterocycles. The zero-order valence-corrected chi connectivity index (χ0v) is 26.6. The first kappa shape index (κ1) is 30.6. The molecule has 0 bridgehead atoms. The van der Waals surface area contributed by atoms with E-state index in [4.69, 9.17) is 32.7 Å². The summed E-state index contributed by atoms with van der Waals surface area (Å²) in [5, 5.41) is 14.4. The van der Waals surface area contributed by atoms with E-state index in [9.17, 15) is 4.79 Å². The molecule has 5 aromatic rings. The molecular formula is C31H24BrCl2N5O3S. The minimum Gasteiger partial charge on any atom is -0.493 e. The number of para-hydroxylation sites is 1. The van der Waals surface area contributed by atoms with Crippen molar-refractivity contribution in [2.45, 2.75) is 11.8 Å². The van der Waals surface area contributed by atoms with Crippen molar-refractivity contribution in [3.63, 3.8) is 0 Å². The fourth-order valence-electron chi connectivity index (χ4n) is 4.00. The lowest BCUT2D eigenvalue weighted by Gasteiger charge is -2.12. The number of halogens is 3. The second-order valence-corrected chi connectivity index (χ2v) is 11.7. The first-order chi connectivity index (χ1) is 20.9. The molecule has 0 spiro atoms. The van der Waals surface area contributed by atoms with Crippen LogP contribution in [0.15, 0.2) is 106 Å². The predicted molar refractivity (Wildman–Crippen MR) is 175 cm³/mol. The van der Waals surface area contributed by atoms with E-state index in [1.807, 2.05) is 71.3 Å². The van der Waals surface area contributed by atoms with Crippen molar-refractivity contribution in [3.05, 3.63) is 117 Å². The molecule has 43 heavy (non-hydrogen) atoms. The number of nitrogens with one attached hydrogen (secondary N) is 1. The van der Waals surface area contributed by atoms with Gasteiger partial charge in [-0.05, 0) is 65.7 Å². The van der Waals surface area contributed by atoms with Gasteiger partial charge in [-0.25, -0.2) is 5.43 Å². The number of hydrazone groups is 1. The number of benzene rings is 4. The lowest BCUT2D eigenvalue weighted by atomic mass is 10.2. The molecule has 5 rings (SSSR count). The third-order valence-corrected chi connectivity index (χ3v) is 8.19. The highest BCUT2D eigenvalue weighted by Gasteiger charge is 2.17. The molecule has 4 aromatic carbocycles. The van der Waals surface area contributed by atoms with Crippen LogP contribution in [-0.4, -0.2) is 39.7 Å². The zero-order valence-electron chi connectivity index (χ0n) is 22.7. The Labute approximate surface area is 271 Å². The number of carbonyl (C=O) groups is 1. The average Bonchev–Trinajstić information content (AvgIpc) is 3.45. The average molecular weight is 697 g/mol. The van der Waals surface area contributed by atoms with Crippen LogP contribution >= 0.6 is 50.9 Å². The van der Waals surface area contributed by atoms with Gasteiger partial charge in [0.1, 0.15) is 6.61 Å². The number of carbonyl (C=O) groups excluding carboxylic acids is 1. The first-order valence-corrected chi connectivity index (χ1v) is 15.4. The number of ether oxygens (including phenoxy) is 2. The van der Waals surface area contributed by atoms with E-state index in [0.29, 0.717) is 38.1 Å². The number of aromatic nitrogens is 3. The van der Waals surface area contributed by atoms with Crippen molar-refractivity contribution in [2.24, 2.45) is 5.10 Å². The molecular weight excluding hydrogens is 673 g/mol. The molecule has 1 N–H and O–H groups in total. The number of hydrogen-bond donors (Lipinski definition) is 1. The third-order valence-electron chi connectivity index (χ3n) is 6.03. The monoisotopic (exact) mass is 695 g/mol. The van der Waals surface area contributed by atoms with Gasteiger partial charge in [0.15, 0.2) is 22.5 Å². The maximum absolute atomic E-state index is 12.6. The zero-order chi connectivity index (χ0) is 30.2. The van der Waals surface area contributed by atoms with Gasteiger partial charge in [0.25, 0.3) is 5.91 Å². The number of methoxy groups -OCH3 is 1. The lowest BCUT2D eigenvalue weighted by molar-refractivity contribution is -0.118. The van der Waals surface area contributed by atoms with Gasteiger partial charge in [0.05, 0.1) is 29.1 Å². The summed E-state index contributed by atoms with van der Waals surface area (Å²) in [4.78, 5) is 12.6. The van der Waals surface area contributed by atoms with Crippen molar-refractivity contribution in [1.29, 1.82) is 0 Å². The Hall–Kier alpha value is -3.83. The van der Waals surface area contributed by atoms with Crippen LogP contribution < -0.4 is 14.9 Å². The molecule has 0 saturated heterocycles. The van der Waals surface area contributed by atoms with Gasteiger partial charge in [-0.2, -0.15) is 5.10 Å². The molecule has 218 valence electrons. The maximum atomic E-state index is 12.6. The van der Waals surface area contributed by atoms with E-state index in [2.05, 4.69) is 36.7 Å². The highest BCUT2D eigenvalue weighted by atomic mass is 79.9. The summed E-state index contributed by atoms with van der Waals surface area (Å²) in [6, 6.07) is 28.3. The van der Waals surface area contributed by atoms with Crippen LogP contribution in [0.4, 0.5) is 0 Å². The highest BCUT2D eigenvalue weighted by molar-refractivity contribution is 9.10. The normalized spacial score (nSPS) is 11.1. The van der Waals surface area contributed by atoms with Crippen molar-refractivity contribution < 1.29 is 14.3 Å². The molecule has 0 radical (unpaired) electrons. The number of nitrogens with zero attached hydrogens (tertiary/aromatic N) is 4. The number of hydrogen-bond acceptors (Lipinski definition) is 7. The van der Waals surface area contributed by atoms with Crippen LogP contribution in [0, 0.1) is 0 Å². The maximum Gasteiger partial charge on any atom is 0.250 e. The predicted octanol–water partition coefficient (Wildman–Crippen LogP) is 7.83. The molecule has 0 saturated carbocycles. The fourth-order valence-corrected chi connectivity index (χ4v) is 5.47. The summed E-state index contributed by atoms with van der Waals surface area (Å²) in [5.74, 6) is 1.54. The fraction of sp³-hybridized carbons (Fsp3) is 0.0968. The first-order valence-electron chi connectivity index (χ1n) is 12.9. The Morgan fingerprint density at radius 1 is 0.977 bits per heavy atom. The molecule has 0 aliphatic heterocycles. The molecule has 0 atom stereocenters. The van der Waals surface area contributed by atoms with E-state index in [-0.39, 0.29) is 18.3 Å². The Kier molecular flexibility index (Phi) is 10.4. The number of rotatable bonds is 11. The number of thioether (sulfide) groups is 1. The summed E-state index contributed by atoms with van der Waals surface area (Å²) >= 11 is 16.9. The van der Waals surface area contributed by atoms with Crippen molar-refractivity contribution in [1.82, 2.24) is 20.2 Å². The molecule has 0 unspecified atom stereocenters. The Morgan fingerprint density at radius 3 is 2.58 bits per heavy atom. The topological polar surface area (TPSA) is 90.6 Å². The van der Waals surface area contributed by atoms with E-state index < -0.39 is 0 Å². The van der Waals surface area contributed by atoms with Crippen LogP contribution in [0.1, 0.15) is 11.1 Å². The van der Waals surface area contributed by atoms with Gasteiger partial charge in [0.2, 0.25) is 0 Å². The third kappa shape index (κ3) is 7.97. The van der Waals surface area contributed by atoms with Crippen molar-refractivity contribution in [3.8, 4) is 28.6 Å². The second-order valence-electron chi connectivity index (χ2n) is 9.02. The quantitative estimate of drug-likeness (QED) is 0.0860. The van der Waals surface area contributed by atoms with Crippen LogP contribution in [0.3, 0.4) is 0 Å². The number of amides is 1. The van der Waals surface area contributed by atoms with Gasteiger partial charge in [-0.3, -0.25) is 9.36 Å². The Balaban J connectivity index is 1.21. The van der Waals surface area contributed by atoms with E-state index in [1.165, 1.54) is 18.0 Å². The largest absolute Gasteiger partial charge is 0.493 e. The summed E-state index contributed by atoms with van der Waals surface area (Å²) in [7, 11) is 1.55. The van der Waals surface area contributed by atoms with Crippen LogP contribution in [-0.2, 0) is 11.4 Å². The van der Waals surface area contributed by atoms with Gasteiger partial charge < -0.3 is 9.47 Å². The van der Waals surface area contributed by atoms with Gasteiger partial charge in [-0.1, -0.05) is 87.3 Å². The SMILES string of the molecule is COc1cc(/C=N\NC(=O)CSc2nnc(-c3cccc(Br)c3)n2-c2ccccc2)ccc1OCc1ccc(Cl)c(Cl)c1. The highest BCUT2D eigenvalue weighted by Crippen LogP contribution is 2.31. The van der Waals surface area contributed by atoms with Gasteiger partial charge in [-0.15, -0.1) is 10.2 Å². The van der Waals surface area contributed by atoms with E-state index in [1.54, 1.807) is 31.4 Å². The summed E-state index contributed by atoms with van der Waals surface area (Å²) in [6.07, 6.45) is 1.53. The van der Waals surface area contributed by atoms with Gasteiger partial charge in [0, 0.05) is 15.7 Å². The van der Waals surface area contributed by atoms with E-state index >= 15 is 0 Å². The van der Waals surface area contributed by atoms with E-state index in [0.717, 1.165) is 21.3 Å². The lowest BCUT2D eigenvalue weighted by Crippen LogP contribution is -2.20. The molecule has 0 fully saturated rings. The molecule has 1 heterocycles. The summed E-state index contributed by atoms with van der Waals surface area (Å²) in [5.41, 5.74) is 5.94. The summed E-state index contributed by atoms with van der Waals surface area (Å²) < 4.78 is 14.2. The molecule has 1 amide bonds. The van der Waals surface area contributed by atoms with Crippen molar-refractivity contribution in [2.75, 3.05) is 12.9 Å². The molecule has 8 nitrogen and oxygen atoms in total. The summed E-state index contributed by atoms with van der Waals surface area (Å²) in [6.45, 7) is 0.289. The van der Waals surface area contributed by atoms with Crippen LogP contribution in [0.5, 0.6) is 11.5 Å². The molecule has 0 aliphatic carbocycles. The minimum absolute atomic E-state index is 0.0889. The van der Waals surface area contributed by atoms with Crippen LogP contribution in [0.25, 0.3) is 17.1 Å². The smallest absolute Gasteiger partial charge is 0.250 e. The second kappa shape index (κ2) is 14.6. The van der Waals surface area contributed by atoms with Crippen LogP contribution in [0.2, 0.25) is 10.0 Å². The van der Waals surface area contributed by atoms with Gasteiger partial charge >= 0.3 is 0 Å². The standard InChI is InChI=1S/C31H24BrCl2N5O3S/c1-41-28-15-20(11-13-27(28)42-18-21-10-12-25(33)26(34)14-21)17-35-36-29(40)19-43-31-38-37-30(22-6-5-7-23(32)16-22)39(31)24-8-3-2-4-9-24/h2-17H,18-19H2,1H3,(H,36,40)/b35-17-.